The van der Waals surface area contributed by atoms with Crippen LogP contribution in [0.4, 0.5) is 0 Å². The summed E-state index contributed by atoms with van der Waals surface area (Å²) in [5, 5.41) is 2.16. The first-order valence-corrected chi connectivity index (χ1v) is 6.42. The molecule has 0 amide bonds. The van der Waals surface area contributed by atoms with Crippen molar-refractivity contribution >= 4 is 27.6 Å². The van der Waals surface area contributed by atoms with E-state index in [9.17, 15) is 0 Å². The Bertz CT molecular complexity index is 584. The van der Waals surface area contributed by atoms with Crippen molar-refractivity contribution in [3.05, 3.63) is 34.3 Å². The molecule has 4 heteroatoms. The second kappa shape index (κ2) is 3.18. The van der Waals surface area contributed by atoms with E-state index in [1.165, 1.54) is 15.3 Å². The molecule has 0 aromatic carbocycles. The number of fused-ring (bicyclic) bond motifs is 1. The van der Waals surface area contributed by atoms with E-state index < -0.39 is 0 Å². The lowest BCUT2D eigenvalue weighted by atomic mass is 10.3. The van der Waals surface area contributed by atoms with E-state index in [4.69, 9.17) is 0 Å². The third-order valence-electron chi connectivity index (χ3n) is 2.25. The third-order valence-corrected chi connectivity index (χ3v) is 4.24. The molecule has 0 radical (unpaired) electrons. The molecule has 0 bridgehead atoms. The molecule has 3 rings (SSSR count). The van der Waals surface area contributed by atoms with E-state index in [1.807, 2.05) is 0 Å². The van der Waals surface area contributed by atoms with Crippen LogP contribution in [-0.4, -0.2) is 9.38 Å². The molecular formula is C11H10N2S2. The number of hydrogen-bond donors (Lipinski definition) is 0. The number of nitrogens with zero attached hydrogens (tertiary/aromatic N) is 2. The van der Waals surface area contributed by atoms with Crippen molar-refractivity contribution in [1.29, 1.82) is 0 Å². The zero-order valence-corrected chi connectivity index (χ0v) is 10.2. The minimum absolute atomic E-state index is 1.08. The second-order valence-corrected chi connectivity index (χ2v) is 5.77. The predicted octanol–water partition coefficient (Wildman–Crippen LogP) is 3.74. The molecule has 0 saturated heterocycles. The fourth-order valence-corrected chi connectivity index (χ4v) is 3.26. The topological polar surface area (TPSA) is 17.3 Å². The van der Waals surface area contributed by atoms with Crippen molar-refractivity contribution in [3.63, 3.8) is 0 Å². The van der Waals surface area contributed by atoms with Gasteiger partial charge in [0.2, 0.25) is 0 Å². The number of hydrogen-bond acceptors (Lipinski definition) is 3. The maximum atomic E-state index is 4.61. The Kier molecular flexibility index (Phi) is 1.94. The van der Waals surface area contributed by atoms with E-state index in [-0.39, 0.29) is 0 Å². The molecule has 0 atom stereocenters. The molecule has 3 heterocycles. The Morgan fingerprint density at radius 3 is 2.80 bits per heavy atom. The van der Waals surface area contributed by atoms with Gasteiger partial charge in [-0.3, -0.25) is 4.40 Å². The number of thiazole rings is 1. The molecule has 0 aliphatic carbocycles. The fourth-order valence-electron chi connectivity index (χ4n) is 1.60. The maximum absolute atomic E-state index is 4.61. The predicted molar refractivity (Wildman–Crippen MR) is 65.9 cm³/mol. The van der Waals surface area contributed by atoms with Gasteiger partial charge in [0.25, 0.3) is 0 Å². The van der Waals surface area contributed by atoms with Crippen molar-refractivity contribution in [2.45, 2.75) is 13.8 Å². The molecule has 0 unspecified atom stereocenters. The summed E-state index contributed by atoms with van der Waals surface area (Å²) in [6, 6.07) is 2.18. The molecule has 2 nitrogen and oxygen atoms in total. The van der Waals surface area contributed by atoms with Crippen molar-refractivity contribution in [2.24, 2.45) is 0 Å². The quantitative estimate of drug-likeness (QED) is 0.627. The highest BCUT2D eigenvalue weighted by molar-refractivity contribution is 7.17. The van der Waals surface area contributed by atoms with Gasteiger partial charge in [0.05, 0.1) is 4.88 Å². The minimum Gasteiger partial charge on any atom is -0.297 e. The Hall–Kier alpha value is -1.13. The summed E-state index contributed by atoms with van der Waals surface area (Å²) in [6.07, 6.45) is 4.22. The summed E-state index contributed by atoms with van der Waals surface area (Å²) in [6.45, 7) is 4.22. The van der Waals surface area contributed by atoms with Crippen molar-refractivity contribution in [2.75, 3.05) is 0 Å². The summed E-state index contributed by atoms with van der Waals surface area (Å²) < 4.78 is 2.10. The van der Waals surface area contributed by atoms with Crippen LogP contribution in [0.1, 0.15) is 10.4 Å². The Balaban J connectivity index is 2.15. The molecule has 0 aliphatic rings. The van der Waals surface area contributed by atoms with Crippen molar-refractivity contribution in [3.8, 4) is 10.6 Å². The Morgan fingerprint density at radius 1 is 1.27 bits per heavy atom. The fraction of sp³-hybridized carbons (Fsp3) is 0.182. The van der Waals surface area contributed by atoms with Crippen molar-refractivity contribution < 1.29 is 0 Å². The SMILES string of the molecule is Cc1csc(-c2cn3cc(C)sc3n2)c1. The van der Waals surface area contributed by atoms with Gasteiger partial charge < -0.3 is 0 Å². The molecule has 0 fully saturated rings. The van der Waals surface area contributed by atoms with Gasteiger partial charge in [0.15, 0.2) is 4.96 Å². The van der Waals surface area contributed by atoms with Crippen LogP contribution in [0.5, 0.6) is 0 Å². The van der Waals surface area contributed by atoms with E-state index in [0.717, 1.165) is 10.7 Å². The number of imidazole rings is 1. The van der Waals surface area contributed by atoms with Gasteiger partial charge in [0.1, 0.15) is 5.69 Å². The second-order valence-electron chi connectivity index (χ2n) is 3.65. The molecule has 76 valence electrons. The van der Waals surface area contributed by atoms with Crippen LogP contribution >= 0.6 is 22.7 Å². The highest BCUT2D eigenvalue weighted by Crippen LogP contribution is 2.28. The highest BCUT2D eigenvalue weighted by atomic mass is 32.1. The number of rotatable bonds is 1. The van der Waals surface area contributed by atoms with Crippen molar-refractivity contribution in [1.82, 2.24) is 9.38 Å². The minimum atomic E-state index is 1.08. The smallest absolute Gasteiger partial charge is 0.194 e. The summed E-state index contributed by atoms with van der Waals surface area (Å²) in [5.41, 5.74) is 2.39. The lowest BCUT2D eigenvalue weighted by Gasteiger charge is -1.86. The van der Waals surface area contributed by atoms with Gasteiger partial charge in [0, 0.05) is 17.3 Å². The van der Waals surface area contributed by atoms with Crippen LogP contribution in [0.3, 0.4) is 0 Å². The Morgan fingerprint density at radius 2 is 2.13 bits per heavy atom. The van der Waals surface area contributed by atoms with Crippen LogP contribution in [0.2, 0.25) is 0 Å². The molecule has 15 heavy (non-hydrogen) atoms. The van der Waals surface area contributed by atoms with E-state index in [1.54, 1.807) is 22.7 Å². The standard InChI is InChI=1S/C11H10N2S2/c1-7-3-10(14-6-7)9-5-13-4-8(2)15-11(13)12-9/h3-6H,1-2H3. The maximum Gasteiger partial charge on any atom is 0.194 e. The lowest BCUT2D eigenvalue weighted by Crippen LogP contribution is -1.70. The van der Waals surface area contributed by atoms with Gasteiger partial charge in [-0.25, -0.2) is 4.98 Å². The Labute approximate surface area is 95.8 Å². The van der Waals surface area contributed by atoms with Crippen LogP contribution in [0.15, 0.2) is 23.8 Å². The van der Waals surface area contributed by atoms with E-state index >= 15 is 0 Å². The van der Waals surface area contributed by atoms with Gasteiger partial charge >= 0.3 is 0 Å². The first-order chi connectivity index (χ1) is 7.22. The number of aromatic nitrogens is 2. The first kappa shape index (κ1) is 9.12. The molecule has 0 saturated carbocycles. The third kappa shape index (κ3) is 1.50. The van der Waals surface area contributed by atoms with Crippen LogP contribution < -0.4 is 0 Å². The van der Waals surface area contributed by atoms with Gasteiger partial charge in [-0.1, -0.05) is 0 Å². The van der Waals surface area contributed by atoms with E-state index in [0.29, 0.717) is 0 Å². The average Bonchev–Trinajstić information content (AvgIpc) is 2.78. The molecular weight excluding hydrogens is 224 g/mol. The van der Waals surface area contributed by atoms with Gasteiger partial charge in [-0.2, -0.15) is 0 Å². The van der Waals surface area contributed by atoms with Gasteiger partial charge in [-0.15, -0.1) is 22.7 Å². The molecule has 3 aromatic heterocycles. The van der Waals surface area contributed by atoms with E-state index in [2.05, 4.69) is 47.1 Å². The summed E-state index contributed by atoms with van der Waals surface area (Å²) in [4.78, 5) is 8.23. The normalized spacial score (nSPS) is 11.3. The summed E-state index contributed by atoms with van der Waals surface area (Å²) >= 11 is 3.49. The van der Waals surface area contributed by atoms with Crippen LogP contribution in [-0.2, 0) is 0 Å². The number of aryl methyl sites for hydroxylation is 2. The molecule has 0 spiro atoms. The average molecular weight is 234 g/mol. The zero-order valence-electron chi connectivity index (χ0n) is 8.52. The summed E-state index contributed by atoms with van der Waals surface area (Å²) in [7, 11) is 0. The molecule has 0 N–H and O–H groups in total. The molecule has 0 aliphatic heterocycles. The zero-order chi connectivity index (χ0) is 10.4. The monoisotopic (exact) mass is 234 g/mol. The van der Waals surface area contributed by atoms with Gasteiger partial charge in [-0.05, 0) is 30.9 Å². The lowest BCUT2D eigenvalue weighted by molar-refractivity contribution is 1.22. The highest BCUT2D eigenvalue weighted by Gasteiger charge is 2.07. The van der Waals surface area contributed by atoms with Crippen LogP contribution in [0, 0.1) is 13.8 Å². The molecule has 3 aromatic rings. The largest absolute Gasteiger partial charge is 0.297 e. The first-order valence-electron chi connectivity index (χ1n) is 4.73. The summed E-state index contributed by atoms with van der Waals surface area (Å²) in [5.74, 6) is 0. The van der Waals surface area contributed by atoms with Crippen LogP contribution in [0.25, 0.3) is 15.5 Å². The number of thiophene rings is 1.